The van der Waals surface area contributed by atoms with Crippen molar-refractivity contribution in [3.63, 3.8) is 0 Å². The Morgan fingerprint density at radius 3 is 2.46 bits per heavy atom. The molecule has 0 aromatic heterocycles. The van der Waals surface area contributed by atoms with Crippen LogP contribution in [0, 0.1) is 5.82 Å². The van der Waals surface area contributed by atoms with Crippen LogP contribution in [0.1, 0.15) is 28.7 Å². The highest BCUT2D eigenvalue weighted by molar-refractivity contribution is 6.01. The van der Waals surface area contributed by atoms with Gasteiger partial charge in [-0.05, 0) is 34.9 Å². The van der Waals surface area contributed by atoms with Gasteiger partial charge in [-0.1, -0.05) is 65.8 Å². The van der Waals surface area contributed by atoms with E-state index < -0.39 is 17.8 Å². The van der Waals surface area contributed by atoms with Gasteiger partial charge in [0.05, 0.1) is 30.6 Å². The fraction of sp³-hybridized carbons (Fsp3) is 0.321. The van der Waals surface area contributed by atoms with Crippen molar-refractivity contribution in [3.05, 3.63) is 107 Å². The first-order chi connectivity index (χ1) is 17.8. The van der Waals surface area contributed by atoms with E-state index in [4.69, 9.17) is 9.57 Å². The number of benzene rings is 3. The Bertz CT molecular complexity index is 1170. The van der Waals surface area contributed by atoms with E-state index in [0.717, 1.165) is 23.3 Å². The molecule has 0 aliphatic carbocycles. The predicted octanol–water partition coefficient (Wildman–Crippen LogP) is 5.42. The lowest BCUT2D eigenvalue weighted by atomic mass is 10.0. The zero-order chi connectivity index (χ0) is 26.3. The number of halogens is 4. The van der Waals surface area contributed by atoms with Crippen LogP contribution >= 0.6 is 0 Å². The zero-order valence-corrected chi connectivity index (χ0v) is 20.1. The highest BCUT2D eigenvalue weighted by atomic mass is 19.4. The van der Waals surface area contributed by atoms with E-state index in [9.17, 15) is 22.7 Å². The van der Waals surface area contributed by atoms with Crippen molar-refractivity contribution in [2.45, 2.75) is 38.0 Å². The molecule has 9 heteroatoms. The van der Waals surface area contributed by atoms with Gasteiger partial charge in [0, 0.05) is 26.1 Å². The van der Waals surface area contributed by atoms with Gasteiger partial charge in [-0.15, -0.1) is 0 Å². The first-order valence-electron chi connectivity index (χ1n) is 11.9. The summed E-state index contributed by atoms with van der Waals surface area (Å²) in [5.41, 5.74) is 2.11. The van der Waals surface area contributed by atoms with Gasteiger partial charge < -0.3 is 14.7 Å². The van der Waals surface area contributed by atoms with Gasteiger partial charge in [-0.3, -0.25) is 4.90 Å². The molecule has 0 unspecified atom stereocenters. The van der Waals surface area contributed by atoms with Crippen molar-refractivity contribution >= 4 is 5.71 Å². The van der Waals surface area contributed by atoms with E-state index >= 15 is 0 Å². The third-order valence-corrected chi connectivity index (χ3v) is 5.92. The van der Waals surface area contributed by atoms with Crippen LogP contribution in [0.3, 0.4) is 0 Å². The van der Waals surface area contributed by atoms with Gasteiger partial charge in [0.25, 0.3) is 0 Å². The fourth-order valence-electron chi connectivity index (χ4n) is 4.17. The molecule has 3 aromatic carbocycles. The van der Waals surface area contributed by atoms with Gasteiger partial charge in [-0.2, -0.15) is 13.2 Å². The number of nitrogens with zero attached hydrogens (tertiary/aromatic N) is 2. The van der Waals surface area contributed by atoms with Crippen LogP contribution in [0.25, 0.3) is 0 Å². The van der Waals surface area contributed by atoms with Crippen molar-refractivity contribution < 1.29 is 32.2 Å². The quantitative estimate of drug-likeness (QED) is 0.346. The number of hydrogen-bond donors (Lipinski definition) is 1. The summed E-state index contributed by atoms with van der Waals surface area (Å²) in [5, 5.41) is 14.8. The third-order valence-electron chi connectivity index (χ3n) is 5.92. The Balaban J connectivity index is 1.39. The first kappa shape index (κ1) is 26.8. The predicted molar refractivity (Wildman–Crippen MR) is 131 cm³/mol. The number of rotatable bonds is 11. The van der Waals surface area contributed by atoms with Gasteiger partial charge in [0.2, 0.25) is 0 Å². The maximum Gasteiger partial charge on any atom is 0.416 e. The van der Waals surface area contributed by atoms with Crippen LogP contribution in [-0.2, 0) is 28.9 Å². The van der Waals surface area contributed by atoms with Crippen LogP contribution < -0.4 is 0 Å². The van der Waals surface area contributed by atoms with E-state index in [0.29, 0.717) is 30.8 Å². The van der Waals surface area contributed by atoms with E-state index in [1.54, 1.807) is 18.2 Å². The van der Waals surface area contributed by atoms with Crippen molar-refractivity contribution in [1.82, 2.24) is 4.90 Å². The molecule has 1 heterocycles. The smallest absolute Gasteiger partial charge is 0.390 e. The Hall–Kier alpha value is -3.27. The second-order valence-electron chi connectivity index (χ2n) is 9.02. The van der Waals surface area contributed by atoms with Crippen LogP contribution in [0.5, 0.6) is 0 Å². The molecule has 37 heavy (non-hydrogen) atoms. The molecule has 5 nitrogen and oxygen atoms in total. The van der Waals surface area contributed by atoms with Crippen LogP contribution in [0.2, 0.25) is 0 Å². The Kier molecular flexibility index (Phi) is 8.91. The van der Waals surface area contributed by atoms with Crippen molar-refractivity contribution in [2.75, 3.05) is 19.7 Å². The van der Waals surface area contributed by atoms with Crippen molar-refractivity contribution in [2.24, 2.45) is 5.16 Å². The number of alkyl halides is 3. The highest BCUT2D eigenvalue weighted by Crippen LogP contribution is 2.30. The number of ether oxygens (including phenoxy) is 1. The molecule has 4 rings (SSSR count). The molecule has 0 radical (unpaired) electrons. The lowest BCUT2D eigenvalue weighted by molar-refractivity contribution is -0.137. The molecule has 0 bridgehead atoms. The molecule has 0 amide bonds. The molecule has 0 saturated carbocycles. The minimum Gasteiger partial charge on any atom is -0.390 e. The summed E-state index contributed by atoms with van der Waals surface area (Å²) >= 11 is 0. The summed E-state index contributed by atoms with van der Waals surface area (Å²) in [6, 6.07) is 20.6. The summed E-state index contributed by atoms with van der Waals surface area (Å²) in [7, 11) is 0. The summed E-state index contributed by atoms with van der Waals surface area (Å²) < 4.78 is 58.6. The third kappa shape index (κ3) is 8.11. The minimum atomic E-state index is -4.45. The Morgan fingerprint density at radius 1 is 1.00 bits per heavy atom. The summed E-state index contributed by atoms with van der Waals surface area (Å²) in [6.45, 7) is 1.06. The number of hydrogen-bond acceptors (Lipinski definition) is 5. The Labute approximate surface area is 212 Å². The second-order valence-corrected chi connectivity index (χ2v) is 9.02. The van der Waals surface area contributed by atoms with E-state index in [1.807, 2.05) is 35.2 Å². The summed E-state index contributed by atoms with van der Waals surface area (Å²) in [4.78, 5) is 7.41. The molecule has 1 aliphatic heterocycles. The summed E-state index contributed by atoms with van der Waals surface area (Å²) in [5.74, 6) is -0.351. The second kappa shape index (κ2) is 12.3. The van der Waals surface area contributed by atoms with Crippen LogP contribution in [0.4, 0.5) is 17.6 Å². The van der Waals surface area contributed by atoms with Gasteiger partial charge in [0.1, 0.15) is 11.9 Å². The lowest BCUT2D eigenvalue weighted by Crippen LogP contribution is -2.39. The largest absolute Gasteiger partial charge is 0.416 e. The van der Waals surface area contributed by atoms with Crippen molar-refractivity contribution in [3.8, 4) is 0 Å². The highest BCUT2D eigenvalue weighted by Gasteiger charge is 2.31. The van der Waals surface area contributed by atoms with Gasteiger partial charge in [0.15, 0.2) is 0 Å². The minimum absolute atomic E-state index is 0.0663. The normalized spacial score (nSPS) is 16.5. The molecular formula is C28H28F4N2O3. The molecule has 0 saturated heterocycles. The number of oxime groups is 1. The molecule has 3 aromatic rings. The topological polar surface area (TPSA) is 54.3 Å². The lowest BCUT2D eigenvalue weighted by Gasteiger charge is -2.27. The SMILES string of the molecule is O[C@H](COCc1ccccc1)CN(Cc1cccc(C(F)(F)F)c1)C[C@H]1CC(c2ccc(F)cc2)=NO1. The maximum absolute atomic E-state index is 13.3. The average molecular weight is 517 g/mol. The van der Waals surface area contributed by atoms with E-state index in [1.165, 1.54) is 18.2 Å². The number of aliphatic hydroxyl groups excluding tert-OH is 1. The molecule has 1 N–H and O–H groups in total. The Morgan fingerprint density at radius 2 is 1.73 bits per heavy atom. The fourth-order valence-corrected chi connectivity index (χ4v) is 4.17. The molecular weight excluding hydrogens is 488 g/mol. The molecule has 196 valence electrons. The van der Waals surface area contributed by atoms with Gasteiger partial charge >= 0.3 is 6.18 Å². The van der Waals surface area contributed by atoms with Crippen molar-refractivity contribution in [1.29, 1.82) is 0 Å². The monoisotopic (exact) mass is 516 g/mol. The molecule has 2 atom stereocenters. The maximum atomic E-state index is 13.3. The number of aliphatic hydroxyl groups is 1. The standard InChI is InChI=1S/C28H28F4N2O3/c29-24-11-9-22(10-12-24)27-14-26(37-33-27)17-34(15-21-7-4-8-23(13-21)28(30,31)32)16-25(35)19-36-18-20-5-2-1-3-6-20/h1-13,25-26,35H,14-19H2/t25-,26+/m0/s1. The van der Waals surface area contributed by atoms with Gasteiger partial charge in [-0.25, -0.2) is 4.39 Å². The molecule has 0 fully saturated rings. The molecule has 1 aliphatic rings. The first-order valence-corrected chi connectivity index (χ1v) is 11.9. The zero-order valence-electron chi connectivity index (χ0n) is 20.1. The molecule has 0 spiro atoms. The van der Waals surface area contributed by atoms with Crippen LogP contribution in [-0.4, -0.2) is 47.6 Å². The van der Waals surface area contributed by atoms with E-state index in [-0.39, 0.29) is 31.6 Å². The van der Waals surface area contributed by atoms with Crippen LogP contribution in [0.15, 0.2) is 84.0 Å². The summed E-state index contributed by atoms with van der Waals surface area (Å²) in [6.07, 6.45) is -5.24. The average Bonchev–Trinajstić information content (AvgIpc) is 3.33. The van der Waals surface area contributed by atoms with E-state index in [2.05, 4.69) is 5.16 Å².